The minimum absolute atomic E-state index is 0.0113. The average molecular weight is 811 g/mol. The van der Waals surface area contributed by atoms with Crippen LogP contribution in [-0.2, 0) is 23.0 Å². The number of likely N-dealkylation sites (N-methyl/N-ethyl adjacent to an activating group) is 1. The minimum Gasteiger partial charge on any atom is -0.308 e. The lowest BCUT2D eigenvalue weighted by molar-refractivity contribution is 0.379. The Balaban J connectivity index is 0.000000156. The van der Waals surface area contributed by atoms with Crippen LogP contribution in [0.5, 0.6) is 0 Å². The van der Waals surface area contributed by atoms with E-state index in [1.54, 1.807) is 22.8 Å². The summed E-state index contributed by atoms with van der Waals surface area (Å²) in [6.45, 7) is 9.78. The van der Waals surface area contributed by atoms with E-state index in [4.69, 9.17) is 10.1 Å². The molecule has 0 atom stereocenters. The maximum absolute atomic E-state index is 13.3. The standard InChI is InChI=1S/C25H23N3O.C19H13BrN2O3S/c1-16-18-11-12-19(23-15-17-7-4-5-10-22(17)26-23)20-8-6-9-21(24(18)20)25(29)28(16)14-13-27(2)3;1-11-14-9-10-17(20)15-3-2-4-16(18(14)15)19(23)22(11)12-5-7-13(8-6-12)26(21,24)25/h4-12H,1,13-15H2,2-3H3;2-10H,1H2,(H2,21,24,25). The molecule has 0 spiro atoms. The van der Waals surface area contributed by atoms with Crippen molar-refractivity contribution >= 4 is 93.6 Å². The molecule has 1 aliphatic rings. The summed E-state index contributed by atoms with van der Waals surface area (Å²) < 4.78 is 27.1. The highest BCUT2D eigenvalue weighted by molar-refractivity contribution is 9.10. The van der Waals surface area contributed by atoms with E-state index >= 15 is 0 Å². The molecule has 0 bridgehead atoms. The zero-order valence-electron chi connectivity index (χ0n) is 30.2. The first-order valence-corrected chi connectivity index (χ1v) is 19.9. The fraction of sp³-hybridized carbons (Fsp3) is 0.114. The first-order chi connectivity index (χ1) is 26.3. The third-order valence-corrected chi connectivity index (χ3v) is 11.9. The van der Waals surface area contributed by atoms with Crippen molar-refractivity contribution in [3.63, 3.8) is 0 Å². The minimum atomic E-state index is -3.79. The lowest BCUT2D eigenvalue weighted by Gasteiger charge is -2.16. The van der Waals surface area contributed by atoms with E-state index in [-0.39, 0.29) is 16.0 Å². The Morgan fingerprint density at radius 3 is 2.04 bits per heavy atom. The van der Waals surface area contributed by atoms with E-state index in [0.717, 1.165) is 77.5 Å². The lowest BCUT2D eigenvalue weighted by Crippen LogP contribution is -2.36. The van der Waals surface area contributed by atoms with Gasteiger partial charge in [0.05, 0.1) is 16.3 Å². The number of hydrogen-bond acceptors (Lipinski definition) is 6. The molecule has 9 nitrogen and oxygen atoms in total. The van der Waals surface area contributed by atoms with Gasteiger partial charge in [-0.05, 0) is 79.0 Å². The van der Waals surface area contributed by atoms with Crippen molar-refractivity contribution in [1.29, 1.82) is 0 Å². The summed E-state index contributed by atoms with van der Waals surface area (Å²) in [5.41, 5.74) is 4.79. The zero-order chi connectivity index (χ0) is 38.8. The molecule has 0 fully saturated rings. The number of nitrogens with zero attached hydrogens (tertiary/aromatic N) is 4. The van der Waals surface area contributed by atoms with Gasteiger partial charge >= 0.3 is 0 Å². The molecule has 6 aromatic carbocycles. The Morgan fingerprint density at radius 2 is 1.35 bits per heavy atom. The lowest BCUT2D eigenvalue weighted by atomic mass is 9.94. The number of pyridine rings is 2. The van der Waals surface area contributed by atoms with Crippen LogP contribution in [0.4, 0.5) is 5.69 Å². The number of aromatic nitrogens is 2. The highest BCUT2D eigenvalue weighted by Crippen LogP contribution is 2.33. The van der Waals surface area contributed by atoms with E-state index in [9.17, 15) is 18.0 Å². The number of rotatable bonds is 6. The molecule has 0 saturated carbocycles. The van der Waals surface area contributed by atoms with Gasteiger partial charge in [-0.2, -0.15) is 0 Å². The largest absolute Gasteiger partial charge is 0.308 e. The van der Waals surface area contributed by atoms with Crippen molar-refractivity contribution in [3.05, 3.63) is 156 Å². The van der Waals surface area contributed by atoms with Gasteiger partial charge in [0.1, 0.15) is 0 Å². The van der Waals surface area contributed by atoms with Gasteiger partial charge < -0.3 is 9.47 Å². The van der Waals surface area contributed by atoms with Crippen molar-refractivity contribution in [1.82, 2.24) is 14.0 Å². The average Bonchev–Trinajstić information content (AvgIpc) is 3.61. The first-order valence-electron chi connectivity index (χ1n) is 17.6. The third-order valence-electron chi connectivity index (χ3n) is 10.3. The fourth-order valence-corrected chi connectivity index (χ4v) is 8.51. The number of halogens is 1. The molecule has 0 amide bonds. The number of fused-ring (bicyclic) bond motifs is 1. The second-order valence-electron chi connectivity index (χ2n) is 13.9. The molecule has 0 unspecified atom stereocenters. The summed E-state index contributed by atoms with van der Waals surface area (Å²) in [4.78, 5) is 33.3. The van der Waals surface area contributed by atoms with E-state index in [1.165, 1.54) is 22.3 Å². The highest BCUT2D eigenvalue weighted by Gasteiger charge is 2.20. The molecule has 3 heterocycles. The van der Waals surface area contributed by atoms with Gasteiger partial charge in [0.15, 0.2) is 0 Å². The van der Waals surface area contributed by atoms with Crippen LogP contribution in [0, 0.1) is 0 Å². The smallest absolute Gasteiger partial charge is 0.263 e. The fourth-order valence-electron chi connectivity index (χ4n) is 7.53. The van der Waals surface area contributed by atoms with E-state index in [1.807, 2.05) is 56.6 Å². The van der Waals surface area contributed by atoms with E-state index < -0.39 is 10.0 Å². The Hall–Kier alpha value is -5.72. The Bertz CT molecular complexity index is 3160. The van der Waals surface area contributed by atoms with Crippen molar-refractivity contribution < 1.29 is 8.42 Å². The Labute approximate surface area is 325 Å². The van der Waals surface area contributed by atoms with Crippen LogP contribution < -0.4 is 27.0 Å². The SMILES string of the molecule is C=c1c2ccc(Br)c3cccc(c(=O)n1-c1ccc(S(N)(=O)=O)cc1)c32.C=c1c2ccc(C3=Nc4ccccc4C3)c3cccc(c(=O)n1CCN(C)C)c32. The summed E-state index contributed by atoms with van der Waals surface area (Å²) in [6.07, 6.45) is 0.818. The number of primary sulfonamides is 1. The quantitative estimate of drug-likeness (QED) is 0.215. The molecule has 8 aromatic rings. The monoisotopic (exact) mass is 809 g/mol. The van der Waals surface area contributed by atoms with Crippen LogP contribution >= 0.6 is 15.9 Å². The molecule has 11 heteroatoms. The van der Waals surface area contributed by atoms with Crippen molar-refractivity contribution in [2.75, 3.05) is 20.6 Å². The van der Waals surface area contributed by atoms with Crippen LogP contribution in [0.2, 0.25) is 0 Å². The van der Waals surface area contributed by atoms with Crippen LogP contribution in [0.1, 0.15) is 11.1 Å². The van der Waals surface area contributed by atoms with Gasteiger partial charge in [-0.15, -0.1) is 0 Å². The number of nitrogens with two attached hydrogens (primary N) is 1. The van der Waals surface area contributed by atoms with Gasteiger partial charge in [0.2, 0.25) is 10.0 Å². The summed E-state index contributed by atoms with van der Waals surface area (Å²) in [6, 6.07) is 33.7. The summed E-state index contributed by atoms with van der Waals surface area (Å²) in [5, 5.41) is 13.5. The van der Waals surface area contributed by atoms with E-state index in [0.29, 0.717) is 23.0 Å². The second kappa shape index (κ2) is 13.8. The maximum Gasteiger partial charge on any atom is 0.263 e. The Morgan fingerprint density at radius 1 is 0.727 bits per heavy atom. The third kappa shape index (κ3) is 6.28. The highest BCUT2D eigenvalue weighted by atomic mass is 79.9. The molecule has 0 saturated heterocycles. The molecule has 0 aliphatic carbocycles. The topological polar surface area (TPSA) is 120 Å². The number of para-hydroxylation sites is 1. The van der Waals surface area contributed by atoms with Crippen LogP contribution in [0.15, 0.2) is 133 Å². The molecule has 2 aromatic heterocycles. The second-order valence-corrected chi connectivity index (χ2v) is 16.3. The predicted octanol–water partition coefficient (Wildman–Crippen LogP) is 6.21. The number of benzene rings is 6. The normalized spacial score (nSPS) is 12.8. The molecular weight excluding hydrogens is 774 g/mol. The van der Waals surface area contributed by atoms with Crippen LogP contribution in [0.3, 0.4) is 0 Å². The van der Waals surface area contributed by atoms with Crippen molar-refractivity contribution in [2.24, 2.45) is 10.1 Å². The summed E-state index contributed by atoms with van der Waals surface area (Å²) >= 11 is 3.52. The zero-order valence-corrected chi connectivity index (χ0v) is 32.6. The van der Waals surface area contributed by atoms with Gasteiger partial charge in [0, 0.05) is 78.2 Å². The van der Waals surface area contributed by atoms with Crippen LogP contribution in [-0.4, -0.2) is 48.8 Å². The molecule has 274 valence electrons. The molecular formula is C44H36BrN5O4S. The van der Waals surface area contributed by atoms with Gasteiger partial charge in [-0.25, -0.2) is 13.6 Å². The molecule has 1 aliphatic heterocycles. The number of aliphatic imine (C=N–C) groups is 1. The maximum atomic E-state index is 13.3. The number of hydrogen-bond donors (Lipinski definition) is 1. The molecule has 9 rings (SSSR count). The molecule has 2 N–H and O–H groups in total. The summed E-state index contributed by atoms with van der Waals surface area (Å²) in [7, 11) is 0.230. The first kappa shape index (κ1) is 36.3. The van der Waals surface area contributed by atoms with Gasteiger partial charge in [-0.3, -0.25) is 19.1 Å². The van der Waals surface area contributed by atoms with E-state index in [2.05, 4.69) is 70.4 Å². The molecule has 55 heavy (non-hydrogen) atoms. The number of sulfonamides is 1. The predicted molar refractivity (Wildman–Crippen MR) is 228 cm³/mol. The van der Waals surface area contributed by atoms with Crippen LogP contribution in [0.25, 0.3) is 61.9 Å². The van der Waals surface area contributed by atoms with Crippen molar-refractivity contribution in [3.8, 4) is 5.69 Å². The molecule has 0 radical (unpaired) electrons. The van der Waals surface area contributed by atoms with Gasteiger partial charge in [-0.1, -0.05) is 89.8 Å². The van der Waals surface area contributed by atoms with Gasteiger partial charge in [0.25, 0.3) is 11.1 Å². The van der Waals surface area contributed by atoms with Crippen molar-refractivity contribution in [2.45, 2.75) is 17.9 Å². The summed E-state index contributed by atoms with van der Waals surface area (Å²) in [5.74, 6) is 0. The Kier molecular flexibility index (Phi) is 9.13.